The van der Waals surface area contributed by atoms with E-state index in [-0.39, 0.29) is 5.91 Å². The van der Waals surface area contributed by atoms with Gasteiger partial charge >= 0.3 is 0 Å². The highest BCUT2D eigenvalue weighted by Crippen LogP contribution is 2.21. The van der Waals surface area contributed by atoms with Crippen molar-refractivity contribution in [2.75, 3.05) is 5.32 Å². The molecule has 6 heteroatoms. The van der Waals surface area contributed by atoms with Crippen LogP contribution < -0.4 is 10.1 Å². The van der Waals surface area contributed by atoms with Gasteiger partial charge in [0.1, 0.15) is 11.3 Å². The largest absolute Gasteiger partial charge is 0.481 e. The Morgan fingerprint density at radius 2 is 2.00 bits per heavy atom. The van der Waals surface area contributed by atoms with Gasteiger partial charge in [0.15, 0.2) is 17.6 Å². The van der Waals surface area contributed by atoms with Gasteiger partial charge in [-0.2, -0.15) is 0 Å². The van der Waals surface area contributed by atoms with E-state index in [1.807, 2.05) is 12.1 Å². The van der Waals surface area contributed by atoms with Crippen molar-refractivity contribution in [3.05, 3.63) is 52.8 Å². The maximum Gasteiger partial charge on any atom is 0.265 e. The molecule has 1 N–H and O–H groups in total. The maximum absolute atomic E-state index is 12.2. The number of aromatic nitrogens is 1. The van der Waals surface area contributed by atoms with Crippen LogP contribution in [0.25, 0.3) is 11.1 Å². The fourth-order valence-electron chi connectivity index (χ4n) is 2.14. The Morgan fingerprint density at radius 3 is 2.74 bits per heavy atom. The molecule has 0 aliphatic carbocycles. The number of aryl methyl sites for hydroxylation is 1. The van der Waals surface area contributed by atoms with E-state index >= 15 is 0 Å². The Balaban J connectivity index is 1.67. The highest BCUT2D eigenvalue weighted by Gasteiger charge is 2.15. The molecule has 5 nitrogen and oxygen atoms in total. The molecule has 3 aromatic rings. The van der Waals surface area contributed by atoms with Crippen molar-refractivity contribution in [1.29, 1.82) is 0 Å². The van der Waals surface area contributed by atoms with Gasteiger partial charge in [-0.25, -0.2) is 4.98 Å². The summed E-state index contributed by atoms with van der Waals surface area (Å²) in [6.45, 7) is 3.49. The van der Waals surface area contributed by atoms with Crippen LogP contribution in [-0.4, -0.2) is 17.0 Å². The molecule has 23 heavy (non-hydrogen) atoms. The van der Waals surface area contributed by atoms with Crippen molar-refractivity contribution in [2.24, 2.45) is 0 Å². The summed E-state index contributed by atoms with van der Waals surface area (Å²) < 4.78 is 12.0. The Bertz CT molecular complexity index is 843. The smallest absolute Gasteiger partial charge is 0.265 e. The predicted molar refractivity (Wildman–Crippen MR) is 91.6 cm³/mol. The number of amides is 1. The van der Waals surface area contributed by atoms with Crippen molar-refractivity contribution in [3.8, 4) is 5.75 Å². The number of carbonyl (C=O) groups excluding carboxylic acids is 1. The zero-order chi connectivity index (χ0) is 16.4. The average molecular weight is 375 g/mol. The summed E-state index contributed by atoms with van der Waals surface area (Å²) in [5.41, 5.74) is 2.06. The van der Waals surface area contributed by atoms with Crippen molar-refractivity contribution >= 4 is 38.6 Å². The maximum atomic E-state index is 12.2. The molecule has 1 heterocycles. The minimum Gasteiger partial charge on any atom is -0.481 e. The Kier molecular flexibility index (Phi) is 4.34. The number of anilines is 1. The fourth-order valence-corrected chi connectivity index (χ4v) is 2.40. The second kappa shape index (κ2) is 6.42. The molecule has 0 bridgehead atoms. The first kappa shape index (κ1) is 15.6. The predicted octanol–water partition coefficient (Wildman–Crippen LogP) is 4.30. The molecule has 1 atom stereocenters. The van der Waals surface area contributed by atoms with E-state index in [1.54, 1.807) is 44.2 Å². The van der Waals surface area contributed by atoms with Crippen molar-refractivity contribution in [2.45, 2.75) is 20.0 Å². The van der Waals surface area contributed by atoms with Gasteiger partial charge in [0.2, 0.25) is 0 Å². The molecular weight excluding hydrogens is 360 g/mol. The number of ether oxygens (including phenoxy) is 1. The van der Waals surface area contributed by atoms with E-state index in [0.717, 1.165) is 4.47 Å². The number of hydrogen-bond donors (Lipinski definition) is 1. The second-order valence-electron chi connectivity index (χ2n) is 5.12. The van der Waals surface area contributed by atoms with Gasteiger partial charge in [-0.1, -0.05) is 15.9 Å². The third-order valence-corrected chi connectivity index (χ3v) is 3.79. The first-order valence-corrected chi connectivity index (χ1v) is 7.91. The van der Waals surface area contributed by atoms with Gasteiger partial charge < -0.3 is 14.5 Å². The van der Waals surface area contributed by atoms with E-state index in [0.29, 0.717) is 28.4 Å². The number of rotatable bonds is 4. The topological polar surface area (TPSA) is 64.4 Å². The molecule has 0 spiro atoms. The SMILES string of the molecule is Cc1nc2cc(NC(=O)C(C)Oc3ccc(Br)cc3)ccc2o1. The van der Waals surface area contributed by atoms with E-state index in [1.165, 1.54) is 0 Å². The average Bonchev–Trinajstić information content (AvgIpc) is 2.88. The van der Waals surface area contributed by atoms with Crippen LogP contribution in [0.1, 0.15) is 12.8 Å². The number of carbonyl (C=O) groups is 1. The molecule has 0 radical (unpaired) electrons. The number of benzene rings is 2. The highest BCUT2D eigenvalue weighted by atomic mass is 79.9. The number of oxazole rings is 1. The minimum absolute atomic E-state index is 0.229. The Labute approximate surface area is 141 Å². The monoisotopic (exact) mass is 374 g/mol. The summed E-state index contributed by atoms with van der Waals surface area (Å²) in [6, 6.07) is 12.7. The number of nitrogens with one attached hydrogen (secondary N) is 1. The second-order valence-corrected chi connectivity index (χ2v) is 6.03. The third-order valence-electron chi connectivity index (χ3n) is 3.26. The Morgan fingerprint density at radius 1 is 1.26 bits per heavy atom. The van der Waals surface area contributed by atoms with Gasteiger partial charge in [0.25, 0.3) is 5.91 Å². The van der Waals surface area contributed by atoms with Gasteiger partial charge in [-0.15, -0.1) is 0 Å². The van der Waals surface area contributed by atoms with Crippen LogP contribution in [0.3, 0.4) is 0 Å². The molecule has 0 aliphatic rings. The minimum atomic E-state index is -0.620. The van der Waals surface area contributed by atoms with E-state index in [2.05, 4.69) is 26.2 Å². The zero-order valence-corrected chi connectivity index (χ0v) is 14.3. The summed E-state index contributed by atoms with van der Waals surface area (Å²) >= 11 is 3.36. The molecule has 1 unspecified atom stereocenters. The Hall–Kier alpha value is -2.34. The van der Waals surface area contributed by atoms with Gasteiger partial charge in [-0.3, -0.25) is 4.79 Å². The van der Waals surface area contributed by atoms with Crippen LogP contribution in [-0.2, 0) is 4.79 Å². The molecule has 0 aliphatic heterocycles. The normalized spacial score (nSPS) is 12.1. The van der Waals surface area contributed by atoms with Gasteiger partial charge in [0, 0.05) is 17.1 Å². The summed E-state index contributed by atoms with van der Waals surface area (Å²) in [5.74, 6) is 1.00. The molecule has 0 saturated carbocycles. The molecule has 1 amide bonds. The molecule has 0 saturated heterocycles. The van der Waals surface area contributed by atoms with Crippen LogP contribution in [0.2, 0.25) is 0 Å². The molecule has 1 aromatic heterocycles. The van der Waals surface area contributed by atoms with E-state index in [4.69, 9.17) is 9.15 Å². The van der Waals surface area contributed by atoms with Crippen molar-refractivity contribution < 1.29 is 13.9 Å². The quantitative estimate of drug-likeness (QED) is 0.738. The van der Waals surface area contributed by atoms with Crippen LogP contribution in [0, 0.1) is 6.92 Å². The standard InChI is InChI=1S/C17H15BrN2O3/c1-10(22-14-6-3-12(18)4-7-14)17(21)20-13-5-8-16-15(9-13)19-11(2)23-16/h3-10H,1-2H3,(H,20,21). The van der Waals surface area contributed by atoms with Crippen LogP contribution in [0.5, 0.6) is 5.75 Å². The van der Waals surface area contributed by atoms with Gasteiger partial charge in [-0.05, 0) is 49.4 Å². The lowest BCUT2D eigenvalue weighted by Gasteiger charge is -2.14. The molecule has 0 fully saturated rings. The summed E-state index contributed by atoms with van der Waals surface area (Å²) in [5, 5.41) is 2.82. The first-order valence-electron chi connectivity index (χ1n) is 7.11. The lowest BCUT2D eigenvalue weighted by atomic mass is 10.2. The number of nitrogens with zero attached hydrogens (tertiary/aromatic N) is 1. The third kappa shape index (κ3) is 3.71. The highest BCUT2D eigenvalue weighted by molar-refractivity contribution is 9.10. The number of halogens is 1. The molecular formula is C17H15BrN2O3. The van der Waals surface area contributed by atoms with Crippen LogP contribution >= 0.6 is 15.9 Å². The van der Waals surface area contributed by atoms with E-state index in [9.17, 15) is 4.79 Å². The lowest BCUT2D eigenvalue weighted by molar-refractivity contribution is -0.122. The zero-order valence-electron chi connectivity index (χ0n) is 12.7. The number of hydrogen-bond acceptors (Lipinski definition) is 4. The number of fused-ring (bicyclic) bond motifs is 1. The lowest BCUT2D eigenvalue weighted by Crippen LogP contribution is -2.30. The van der Waals surface area contributed by atoms with Crippen molar-refractivity contribution in [1.82, 2.24) is 4.98 Å². The molecule has 2 aromatic carbocycles. The van der Waals surface area contributed by atoms with Gasteiger partial charge in [0.05, 0.1) is 0 Å². The van der Waals surface area contributed by atoms with Crippen LogP contribution in [0.15, 0.2) is 51.4 Å². The van der Waals surface area contributed by atoms with Crippen molar-refractivity contribution in [3.63, 3.8) is 0 Å². The molecule has 118 valence electrons. The van der Waals surface area contributed by atoms with Crippen LogP contribution in [0.4, 0.5) is 5.69 Å². The molecule has 3 rings (SSSR count). The summed E-state index contributed by atoms with van der Waals surface area (Å²) in [7, 11) is 0. The first-order chi connectivity index (χ1) is 11.0. The summed E-state index contributed by atoms with van der Waals surface area (Å²) in [6.07, 6.45) is -0.620. The fraction of sp³-hybridized carbons (Fsp3) is 0.176. The summed E-state index contributed by atoms with van der Waals surface area (Å²) in [4.78, 5) is 16.5. The van der Waals surface area contributed by atoms with E-state index < -0.39 is 6.10 Å².